The van der Waals surface area contributed by atoms with E-state index in [1.807, 2.05) is 0 Å². The van der Waals surface area contributed by atoms with Crippen LogP contribution in [0.5, 0.6) is 0 Å². The van der Waals surface area contributed by atoms with Gasteiger partial charge in [-0.2, -0.15) is 8.78 Å². The van der Waals surface area contributed by atoms with E-state index in [-0.39, 0.29) is 29.5 Å². The predicted octanol–water partition coefficient (Wildman–Crippen LogP) is 1.75. The van der Waals surface area contributed by atoms with Gasteiger partial charge in [0.2, 0.25) is 10.0 Å². The molecule has 0 aliphatic carbocycles. The van der Waals surface area contributed by atoms with Crippen LogP contribution in [0.4, 0.5) is 8.78 Å². The van der Waals surface area contributed by atoms with Crippen LogP contribution in [0.1, 0.15) is 29.3 Å². The molecule has 1 aromatic carbocycles. The summed E-state index contributed by atoms with van der Waals surface area (Å²) in [5.74, 6) is -0.388. The first-order chi connectivity index (χ1) is 11.2. The van der Waals surface area contributed by atoms with Gasteiger partial charge in [0.05, 0.1) is 11.0 Å². The van der Waals surface area contributed by atoms with Crippen molar-refractivity contribution in [3.05, 3.63) is 29.3 Å². The van der Waals surface area contributed by atoms with Gasteiger partial charge in [0.1, 0.15) is 0 Å². The number of alkyl halides is 2. The number of hydrogen-bond acceptors (Lipinski definition) is 4. The molecule has 2 rings (SSSR count). The maximum atomic E-state index is 12.6. The summed E-state index contributed by atoms with van der Waals surface area (Å²) in [6, 6.07) is 4.30. The summed E-state index contributed by atoms with van der Waals surface area (Å²) >= 11 is 0. The minimum Gasteiger partial charge on any atom is -0.336 e. The third-order valence-electron chi connectivity index (χ3n) is 3.81. The molecule has 24 heavy (non-hydrogen) atoms. The number of rotatable bonds is 6. The largest absolute Gasteiger partial charge is 0.345 e. The standard InChI is InChI=1S/C15H20F2N2O4S/c1-3-18-24(21,22)12-5-4-10(2)13(8-12)14(20)19-7-6-11(9-19)23-15(16)17/h4-5,8,11,15,18H,3,6-7,9H2,1-2H3/t11-/m0/s1. The van der Waals surface area contributed by atoms with E-state index in [0.717, 1.165) is 0 Å². The second kappa shape index (κ2) is 7.54. The summed E-state index contributed by atoms with van der Waals surface area (Å²) in [6.45, 7) is 1.07. The molecule has 1 heterocycles. The monoisotopic (exact) mass is 362 g/mol. The number of ether oxygens (including phenoxy) is 1. The van der Waals surface area contributed by atoms with E-state index in [9.17, 15) is 22.0 Å². The molecule has 0 unspecified atom stereocenters. The van der Waals surface area contributed by atoms with Gasteiger partial charge in [0, 0.05) is 25.2 Å². The van der Waals surface area contributed by atoms with Crippen molar-refractivity contribution in [1.82, 2.24) is 9.62 Å². The zero-order valence-corrected chi connectivity index (χ0v) is 14.3. The fourth-order valence-corrected chi connectivity index (χ4v) is 3.68. The number of sulfonamides is 1. The predicted molar refractivity (Wildman–Crippen MR) is 83.4 cm³/mol. The van der Waals surface area contributed by atoms with Gasteiger partial charge in [0.15, 0.2) is 0 Å². The molecule has 0 spiro atoms. The molecule has 0 bridgehead atoms. The van der Waals surface area contributed by atoms with Crippen molar-refractivity contribution in [2.24, 2.45) is 0 Å². The van der Waals surface area contributed by atoms with E-state index in [1.54, 1.807) is 19.9 Å². The third kappa shape index (κ3) is 4.28. The molecule has 1 saturated heterocycles. The van der Waals surface area contributed by atoms with E-state index in [0.29, 0.717) is 18.5 Å². The number of hydrogen-bond donors (Lipinski definition) is 1. The normalized spacial score (nSPS) is 18.4. The summed E-state index contributed by atoms with van der Waals surface area (Å²) in [4.78, 5) is 14.0. The van der Waals surface area contributed by atoms with Gasteiger partial charge in [0.25, 0.3) is 5.91 Å². The number of benzene rings is 1. The van der Waals surface area contributed by atoms with Crippen LogP contribution in [0.25, 0.3) is 0 Å². The maximum absolute atomic E-state index is 12.6. The molecular weight excluding hydrogens is 342 g/mol. The van der Waals surface area contributed by atoms with Crippen molar-refractivity contribution >= 4 is 15.9 Å². The van der Waals surface area contributed by atoms with Crippen LogP contribution in [0.2, 0.25) is 0 Å². The number of likely N-dealkylation sites (tertiary alicyclic amines) is 1. The molecule has 1 aromatic rings. The molecule has 6 nitrogen and oxygen atoms in total. The first kappa shape index (κ1) is 18.8. The van der Waals surface area contributed by atoms with E-state index < -0.39 is 22.7 Å². The van der Waals surface area contributed by atoms with Crippen molar-refractivity contribution in [3.63, 3.8) is 0 Å². The van der Waals surface area contributed by atoms with Gasteiger partial charge >= 0.3 is 6.61 Å². The highest BCUT2D eigenvalue weighted by molar-refractivity contribution is 7.89. The van der Waals surface area contributed by atoms with Crippen LogP contribution >= 0.6 is 0 Å². The topological polar surface area (TPSA) is 75.7 Å². The molecule has 0 radical (unpaired) electrons. The van der Waals surface area contributed by atoms with Crippen LogP contribution in [0, 0.1) is 6.92 Å². The van der Waals surface area contributed by atoms with Crippen molar-refractivity contribution in [3.8, 4) is 0 Å². The Morgan fingerprint density at radius 1 is 1.46 bits per heavy atom. The second-order valence-electron chi connectivity index (χ2n) is 5.54. The van der Waals surface area contributed by atoms with E-state index in [2.05, 4.69) is 9.46 Å². The number of carbonyl (C=O) groups is 1. The first-order valence-corrected chi connectivity index (χ1v) is 9.06. The van der Waals surface area contributed by atoms with Gasteiger partial charge in [-0.3, -0.25) is 4.79 Å². The number of amides is 1. The van der Waals surface area contributed by atoms with Gasteiger partial charge < -0.3 is 9.64 Å². The lowest BCUT2D eigenvalue weighted by Crippen LogP contribution is -2.31. The lowest BCUT2D eigenvalue weighted by Gasteiger charge is -2.18. The molecule has 0 aromatic heterocycles. The highest BCUT2D eigenvalue weighted by Gasteiger charge is 2.30. The van der Waals surface area contributed by atoms with Crippen LogP contribution in [-0.2, 0) is 14.8 Å². The summed E-state index contributed by atoms with van der Waals surface area (Å²) in [7, 11) is -3.68. The number of nitrogens with zero attached hydrogens (tertiary/aromatic N) is 1. The molecule has 1 aliphatic heterocycles. The van der Waals surface area contributed by atoms with Crippen LogP contribution in [0.15, 0.2) is 23.1 Å². The smallest absolute Gasteiger partial charge is 0.336 e. The molecular formula is C15H20F2N2O4S. The molecule has 0 saturated carbocycles. The lowest BCUT2D eigenvalue weighted by molar-refractivity contribution is -0.158. The zero-order chi connectivity index (χ0) is 17.9. The SMILES string of the molecule is CCNS(=O)(=O)c1ccc(C)c(C(=O)N2CC[C@H](OC(F)F)C2)c1. The molecule has 1 amide bonds. The minimum atomic E-state index is -3.68. The van der Waals surface area contributed by atoms with E-state index in [1.165, 1.54) is 17.0 Å². The van der Waals surface area contributed by atoms with E-state index >= 15 is 0 Å². The van der Waals surface area contributed by atoms with Crippen molar-refractivity contribution in [1.29, 1.82) is 0 Å². The van der Waals surface area contributed by atoms with Gasteiger partial charge in [-0.25, -0.2) is 13.1 Å². The van der Waals surface area contributed by atoms with Gasteiger partial charge in [-0.05, 0) is 31.0 Å². The highest BCUT2D eigenvalue weighted by Crippen LogP contribution is 2.22. The number of halogens is 2. The summed E-state index contributed by atoms with van der Waals surface area (Å²) in [5, 5.41) is 0. The van der Waals surface area contributed by atoms with Gasteiger partial charge in [-0.15, -0.1) is 0 Å². The Labute approximate surface area is 139 Å². The van der Waals surface area contributed by atoms with Crippen molar-refractivity contribution in [2.45, 2.75) is 37.9 Å². The lowest BCUT2D eigenvalue weighted by atomic mass is 10.1. The minimum absolute atomic E-state index is 0.00197. The Bertz CT molecular complexity index is 709. The van der Waals surface area contributed by atoms with Crippen LogP contribution < -0.4 is 4.72 Å². The van der Waals surface area contributed by atoms with Crippen molar-refractivity contribution in [2.75, 3.05) is 19.6 Å². The average Bonchev–Trinajstić information content (AvgIpc) is 2.94. The number of carbonyl (C=O) groups excluding carboxylic acids is 1. The first-order valence-electron chi connectivity index (χ1n) is 7.57. The number of aryl methyl sites for hydroxylation is 1. The van der Waals surface area contributed by atoms with E-state index in [4.69, 9.17) is 0 Å². The van der Waals surface area contributed by atoms with Crippen LogP contribution in [0.3, 0.4) is 0 Å². The summed E-state index contributed by atoms with van der Waals surface area (Å²) < 4.78 is 55.5. The molecule has 1 N–H and O–H groups in total. The average molecular weight is 362 g/mol. The molecule has 9 heteroatoms. The Balaban J connectivity index is 2.21. The maximum Gasteiger partial charge on any atom is 0.345 e. The number of nitrogens with one attached hydrogen (secondary N) is 1. The molecule has 134 valence electrons. The van der Waals surface area contributed by atoms with Crippen LogP contribution in [-0.4, -0.2) is 51.6 Å². The Morgan fingerprint density at radius 3 is 2.79 bits per heavy atom. The Hall–Kier alpha value is -1.58. The Morgan fingerprint density at radius 2 is 2.17 bits per heavy atom. The summed E-state index contributed by atoms with van der Waals surface area (Å²) in [6.07, 6.45) is -0.382. The van der Waals surface area contributed by atoms with Crippen molar-refractivity contribution < 1.29 is 26.7 Å². The fraction of sp³-hybridized carbons (Fsp3) is 0.533. The second-order valence-corrected chi connectivity index (χ2v) is 7.30. The molecule has 1 atom stereocenters. The fourth-order valence-electron chi connectivity index (χ4n) is 2.61. The Kier molecular flexibility index (Phi) is 5.89. The molecule has 1 fully saturated rings. The highest BCUT2D eigenvalue weighted by atomic mass is 32.2. The quantitative estimate of drug-likeness (QED) is 0.837. The van der Waals surface area contributed by atoms with Gasteiger partial charge in [-0.1, -0.05) is 13.0 Å². The zero-order valence-electron chi connectivity index (χ0n) is 13.5. The summed E-state index contributed by atoms with van der Waals surface area (Å²) in [5.41, 5.74) is 0.861. The third-order valence-corrected chi connectivity index (χ3v) is 5.35. The molecule has 1 aliphatic rings.